The van der Waals surface area contributed by atoms with Crippen molar-refractivity contribution in [3.63, 3.8) is 0 Å². The molecule has 136 valence electrons. The van der Waals surface area contributed by atoms with Crippen LogP contribution in [-0.2, 0) is 19.6 Å². The van der Waals surface area contributed by atoms with E-state index >= 15 is 0 Å². The molecule has 0 aliphatic heterocycles. The lowest BCUT2D eigenvalue weighted by Crippen LogP contribution is -2.40. The van der Waals surface area contributed by atoms with Crippen LogP contribution in [0, 0.1) is 0 Å². The van der Waals surface area contributed by atoms with Crippen LogP contribution in [0.4, 0.5) is 0 Å². The lowest BCUT2D eigenvalue weighted by molar-refractivity contribution is 0.603. The Balaban J connectivity index is 2.26. The Hall–Kier alpha value is -2.60. The van der Waals surface area contributed by atoms with Gasteiger partial charge in [0.25, 0.3) is 5.56 Å². The van der Waals surface area contributed by atoms with Gasteiger partial charge in [0.1, 0.15) is 5.82 Å². The van der Waals surface area contributed by atoms with Crippen molar-refractivity contribution in [2.24, 2.45) is 0 Å². The normalized spacial score (nSPS) is 11.7. The van der Waals surface area contributed by atoms with Gasteiger partial charge in [-0.2, -0.15) is 0 Å². The van der Waals surface area contributed by atoms with Crippen LogP contribution < -0.4 is 11.2 Å². The third-order valence-electron chi connectivity index (χ3n) is 4.37. The molecule has 7 heteroatoms. The summed E-state index contributed by atoms with van der Waals surface area (Å²) in [5, 5.41) is 0.654. The fourth-order valence-electron chi connectivity index (χ4n) is 3.10. The molecule has 0 saturated carbocycles. The maximum Gasteiger partial charge on any atom is 0.332 e. The second kappa shape index (κ2) is 7.33. The van der Waals surface area contributed by atoms with E-state index in [2.05, 4.69) is 4.98 Å². The molecule has 2 heterocycles. The minimum atomic E-state index is -0.321. The van der Waals surface area contributed by atoms with E-state index < -0.39 is 0 Å². The number of halogens is 1. The van der Waals surface area contributed by atoms with E-state index in [9.17, 15) is 9.59 Å². The number of benzene rings is 1. The van der Waals surface area contributed by atoms with Crippen molar-refractivity contribution in [3.8, 4) is 0 Å². The lowest BCUT2D eigenvalue weighted by Gasteiger charge is -2.09. The molecular formula is C19H21ClN4O2. The van der Waals surface area contributed by atoms with Gasteiger partial charge in [-0.15, -0.1) is 0 Å². The highest BCUT2D eigenvalue weighted by atomic mass is 35.5. The van der Waals surface area contributed by atoms with Crippen LogP contribution in [0.5, 0.6) is 0 Å². The Labute approximate surface area is 156 Å². The van der Waals surface area contributed by atoms with Crippen LogP contribution in [0.1, 0.15) is 32.2 Å². The van der Waals surface area contributed by atoms with E-state index in [0.717, 1.165) is 5.56 Å². The van der Waals surface area contributed by atoms with Gasteiger partial charge < -0.3 is 4.57 Å². The van der Waals surface area contributed by atoms with Crippen LogP contribution >= 0.6 is 11.6 Å². The predicted molar refractivity (Wildman–Crippen MR) is 106 cm³/mol. The van der Waals surface area contributed by atoms with E-state index in [0.29, 0.717) is 41.6 Å². The van der Waals surface area contributed by atoms with E-state index in [4.69, 9.17) is 11.6 Å². The summed E-state index contributed by atoms with van der Waals surface area (Å²) in [5.41, 5.74) is 1.21. The molecule has 1 aromatic carbocycles. The first-order valence-corrected chi connectivity index (χ1v) is 9.07. The Bertz CT molecular complexity index is 1110. The molecule has 0 atom stereocenters. The molecule has 0 aliphatic carbocycles. The molecule has 0 fully saturated rings. The van der Waals surface area contributed by atoms with Gasteiger partial charge in [0.15, 0.2) is 11.2 Å². The molecule has 0 saturated heterocycles. The van der Waals surface area contributed by atoms with Crippen LogP contribution in [0.15, 0.2) is 33.9 Å². The molecule has 2 aromatic heterocycles. The zero-order valence-corrected chi connectivity index (χ0v) is 15.8. The molecule has 0 spiro atoms. The van der Waals surface area contributed by atoms with E-state index in [1.54, 1.807) is 11.5 Å². The van der Waals surface area contributed by atoms with Gasteiger partial charge in [-0.1, -0.05) is 29.8 Å². The van der Waals surface area contributed by atoms with Crippen molar-refractivity contribution in [1.29, 1.82) is 0 Å². The molecule has 0 amide bonds. The number of aryl methyl sites for hydroxylation is 2. The highest BCUT2D eigenvalue weighted by Crippen LogP contribution is 2.16. The minimum Gasteiger partial charge on any atom is -0.319 e. The molecular weight excluding hydrogens is 352 g/mol. The number of hydrogen-bond donors (Lipinski definition) is 0. The first kappa shape index (κ1) is 18.2. The Kier molecular flexibility index (Phi) is 5.13. The molecule has 0 N–H and O–H groups in total. The molecule has 3 rings (SSSR count). The average molecular weight is 373 g/mol. The Morgan fingerprint density at radius 3 is 2.31 bits per heavy atom. The van der Waals surface area contributed by atoms with Crippen LogP contribution in [0.2, 0.25) is 5.02 Å². The first-order chi connectivity index (χ1) is 12.5. The summed E-state index contributed by atoms with van der Waals surface area (Å²) in [6.07, 6.45) is 3.74. The number of nitrogens with zero attached hydrogens (tertiary/aromatic N) is 4. The second-order valence-corrected chi connectivity index (χ2v) is 6.29. The quantitative estimate of drug-likeness (QED) is 0.690. The maximum atomic E-state index is 12.8. The van der Waals surface area contributed by atoms with Crippen molar-refractivity contribution in [2.75, 3.05) is 0 Å². The molecule has 3 aromatic rings. The monoisotopic (exact) mass is 372 g/mol. The summed E-state index contributed by atoms with van der Waals surface area (Å²) < 4.78 is 4.64. The van der Waals surface area contributed by atoms with Gasteiger partial charge in [0.05, 0.1) is 0 Å². The average Bonchev–Trinajstić information content (AvgIpc) is 2.99. The lowest BCUT2D eigenvalue weighted by atomic mass is 10.2. The number of rotatable bonds is 5. The number of imidazole rings is 1. The summed E-state index contributed by atoms with van der Waals surface area (Å²) in [6, 6.07) is 7.48. The summed E-state index contributed by atoms with van der Waals surface area (Å²) in [7, 11) is 0. The standard InChI is InChI=1S/C19H21ClN4O2/c1-4-22-15(11-10-13-8-7-9-14(20)12-13)21-17-16(22)18(25)24(6-3)19(26)23(17)5-2/h7-12H,4-6H2,1-3H3/b11-10+. The second-order valence-electron chi connectivity index (χ2n) is 5.85. The molecule has 6 nitrogen and oxygen atoms in total. The van der Waals surface area contributed by atoms with E-state index in [1.165, 1.54) is 4.57 Å². The van der Waals surface area contributed by atoms with E-state index in [-0.39, 0.29) is 11.2 Å². The predicted octanol–water partition coefficient (Wildman–Crippen LogP) is 3.24. The van der Waals surface area contributed by atoms with Crippen molar-refractivity contribution >= 4 is 34.9 Å². The molecule has 26 heavy (non-hydrogen) atoms. The van der Waals surface area contributed by atoms with E-state index in [1.807, 2.05) is 54.8 Å². The summed E-state index contributed by atoms with van der Waals surface area (Å²) >= 11 is 6.02. The Morgan fingerprint density at radius 1 is 1.00 bits per heavy atom. The van der Waals surface area contributed by atoms with Crippen molar-refractivity contribution < 1.29 is 0 Å². The molecule has 0 radical (unpaired) electrons. The number of hydrogen-bond acceptors (Lipinski definition) is 3. The fraction of sp³-hybridized carbons (Fsp3) is 0.316. The van der Waals surface area contributed by atoms with Crippen LogP contribution in [0.25, 0.3) is 23.3 Å². The first-order valence-electron chi connectivity index (χ1n) is 8.69. The van der Waals surface area contributed by atoms with Gasteiger partial charge in [0.2, 0.25) is 0 Å². The third-order valence-corrected chi connectivity index (χ3v) is 4.60. The molecule has 0 unspecified atom stereocenters. The third kappa shape index (κ3) is 3.01. The van der Waals surface area contributed by atoms with Crippen LogP contribution in [-0.4, -0.2) is 18.7 Å². The number of aromatic nitrogens is 4. The van der Waals surface area contributed by atoms with Crippen molar-refractivity contribution in [1.82, 2.24) is 18.7 Å². The topological polar surface area (TPSA) is 61.8 Å². The summed E-state index contributed by atoms with van der Waals surface area (Å²) in [6.45, 7) is 6.98. The zero-order valence-electron chi connectivity index (χ0n) is 15.1. The fourth-order valence-corrected chi connectivity index (χ4v) is 3.30. The van der Waals surface area contributed by atoms with Crippen molar-refractivity contribution in [3.05, 3.63) is 61.5 Å². The Morgan fingerprint density at radius 2 is 1.69 bits per heavy atom. The largest absolute Gasteiger partial charge is 0.332 e. The van der Waals surface area contributed by atoms with Crippen LogP contribution in [0.3, 0.4) is 0 Å². The SMILES string of the molecule is CCn1c(=O)c2c(nc(/C=C/c3cccc(Cl)c3)n2CC)n(CC)c1=O. The zero-order chi connectivity index (χ0) is 18.8. The van der Waals surface area contributed by atoms with Gasteiger partial charge in [-0.05, 0) is 44.5 Å². The van der Waals surface area contributed by atoms with Gasteiger partial charge >= 0.3 is 5.69 Å². The van der Waals surface area contributed by atoms with Crippen molar-refractivity contribution in [2.45, 2.75) is 40.4 Å². The smallest absolute Gasteiger partial charge is 0.319 e. The molecule has 0 aliphatic rings. The van der Waals surface area contributed by atoms with Gasteiger partial charge in [-0.25, -0.2) is 9.78 Å². The molecule has 0 bridgehead atoms. The highest BCUT2D eigenvalue weighted by molar-refractivity contribution is 6.30. The maximum absolute atomic E-state index is 12.8. The van der Waals surface area contributed by atoms with Gasteiger partial charge in [0, 0.05) is 24.7 Å². The minimum absolute atomic E-state index is 0.297. The summed E-state index contributed by atoms with van der Waals surface area (Å²) in [5.74, 6) is 0.634. The number of fused-ring (bicyclic) bond motifs is 1. The van der Waals surface area contributed by atoms with Gasteiger partial charge in [-0.3, -0.25) is 13.9 Å². The summed E-state index contributed by atoms with van der Waals surface area (Å²) in [4.78, 5) is 29.9. The highest BCUT2D eigenvalue weighted by Gasteiger charge is 2.18.